The van der Waals surface area contributed by atoms with E-state index < -0.39 is 0 Å². The van der Waals surface area contributed by atoms with Gasteiger partial charge in [0.15, 0.2) is 5.78 Å². The van der Waals surface area contributed by atoms with Gasteiger partial charge in [-0.3, -0.25) is 4.79 Å². The Bertz CT molecular complexity index is 614. The molecule has 1 aliphatic rings. The van der Waals surface area contributed by atoms with Gasteiger partial charge in [-0.1, -0.05) is 11.2 Å². The quantitative estimate of drug-likeness (QED) is 0.792. The van der Waals surface area contributed by atoms with Gasteiger partial charge in [-0.15, -0.1) is 11.3 Å². The number of carbonyl (C=O) groups excluding carboxylic acids is 1. The number of nitrogens with zero attached hydrogens (tertiary/aromatic N) is 2. The van der Waals surface area contributed by atoms with Crippen LogP contribution in [-0.4, -0.2) is 35.5 Å². The number of likely N-dealkylation sites (tertiary alicyclic amines) is 1. The van der Waals surface area contributed by atoms with Crippen LogP contribution in [0.25, 0.3) is 0 Å². The lowest BCUT2D eigenvalue weighted by atomic mass is 9.92. The van der Waals surface area contributed by atoms with Crippen molar-refractivity contribution < 1.29 is 9.32 Å². The average Bonchev–Trinajstić information content (AvgIpc) is 3.16. The Morgan fingerprint density at radius 3 is 3.05 bits per heavy atom. The van der Waals surface area contributed by atoms with Gasteiger partial charge in [-0.2, -0.15) is 0 Å². The number of piperidine rings is 1. The van der Waals surface area contributed by atoms with E-state index in [0.717, 1.165) is 55.2 Å². The van der Waals surface area contributed by atoms with Gasteiger partial charge in [-0.25, -0.2) is 0 Å². The minimum atomic E-state index is 0.150. The molecule has 0 aliphatic carbocycles. The van der Waals surface area contributed by atoms with Crippen molar-refractivity contribution in [1.29, 1.82) is 0 Å². The number of Topliss-reactive ketones (excluding diaryl/α,β-unsaturated/α-hetero) is 1. The Morgan fingerprint density at radius 2 is 2.36 bits per heavy atom. The first kappa shape index (κ1) is 15.4. The lowest BCUT2D eigenvalue weighted by molar-refractivity contribution is 0.0825. The highest BCUT2D eigenvalue weighted by Gasteiger charge is 2.27. The molecule has 0 aromatic carbocycles. The molecule has 3 heterocycles. The minimum absolute atomic E-state index is 0.150. The van der Waals surface area contributed by atoms with Gasteiger partial charge in [0.05, 0.1) is 10.6 Å². The van der Waals surface area contributed by atoms with E-state index in [-0.39, 0.29) is 5.92 Å². The summed E-state index contributed by atoms with van der Waals surface area (Å²) in [5.74, 6) is 1.38. The summed E-state index contributed by atoms with van der Waals surface area (Å²) in [5.41, 5.74) is 2.20. The molecule has 1 aliphatic heterocycles. The first-order valence-electron chi connectivity index (χ1n) is 7.87. The fourth-order valence-electron chi connectivity index (χ4n) is 3.22. The van der Waals surface area contributed by atoms with Crippen LogP contribution >= 0.6 is 11.3 Å². The number of ketones is 1. The van der Waals surface area contributed by atoms with Crippen LogP contribution in [0.2, 0.25) is 0 Å². The lowest BCUT2D eigenvalue weighted by Gasteiger charge is -2.31. The predicted octanol–water partition coefficient (Wildman–Crippen LogP) is 3.49. The molecule has 0 saturated carbocycles. The molecule has 3 rings (SSSR count). The highest BCUT2D eigenvalue weighted by Crippen LogP contribution is 2.23. The van der Waals surface area contributed by atoms with Crippen molar-refractivity contribution in [2.24, 2.45) is 5.92 Å². The lowest BCUT2D eigenvalue weighted by Crippen LogP contribution is -2.39. The average molecular weight is 318 g/mol. The SMILES string of the molecule is Cc1noc(C)c1CCN1CCCC(C(=O)c2cccs2)C1. The summed E-state index contributed by atoms with van der Waals surface area (Å²) in [7, 11) is 0. The molecule has 118 valence electrons. The first-order valence-corrected chi connectivity index (χ1v) is 8.75. The van der Waals surface area contributed by atoms with Gasteiger partial charge in [0.2, 0.25) is 0 Å². The Kier molecular flexibility index (Phi) is 4.74. The van der Waals surface area contributed by atoms with Gasteiger partial charge in [0.1, 0.15) is 5.76 Å². The number of hydrogen-bond acceptors (Lipinski definition) is 5. The molecule has 5 heteroatoms. The Labute approximate surface area is 135 Å². The van der Waals surface area contributed by atoms with Crippen LogP contribution in [-0.2, 0) is 6.42 Å². The topological polar surface area (TPSA) is 46.3 Å². The van der Waals surface area contributed by atoms with Crippen molar-refractivity contribution in [2.75, 3.05) is 19.6 Å². The van der Waals surface area contributed by atoms with Crippen LogP contribution in [0.3, 0.4) is 0 Å². The third-order valence-corrected chi connectivity index (χ3v) is 5.38. The maximum absolute atomic E-state index is 12.5. The van der Waals surface area contributed by atoms with Crippen molar-refractivity contribution in [3.63, 3.8) is 0 Å². The van der Waals surface area contributed by atoms with Gasteiger partial charge in [-0.05, 0) is 51.1 Å². The van der Waals surface area contributed by atoms with E-state index >= 15 is 0 Å². The van der Waals surface area contributed by atoms with E-state index in [1.807, 2.05) is 31.4 Å². The van der Waals surface area contributed by atoms with Crippen LogP contribution in [0.5, 0.6) is 0 Å². The van der Waals surface area contributed by atoms with Gasteiger partial charge in [0.25, 0.3) is 0 Å². The summed E-state index contributed by atoms with van der Waals surface area (Å²) in [6.45, 7) is 6.88. The second-order valence-electron chi connectivity index (χ2n) is 6.03. The largest absolute Gasteiger partial charge is 0.361 e. The zero-order chi connectivity index (χ0) is 15.5. The van der Waals surface area contributed by atoms with Gasteiger partial charge in [0, 0.05) is 24.6 Å². The maximum atomic E-state index is 12.5. The van der Waals surface area contributed by atoms with E-state index in [9.17, 15) is 4.79 Å². The second kappa shape index (κ2) is 6.75. The van der Waals surface area contributed by atoms with E-state index in [1.54, 1.807) is 11.3 Å². The number of aryl methyl sites for hydroxylation is 2. The molecule has 1 atom stereocenters. The predicted molar refractivity (Wildman–Crippen MR) is 87.5 cm³/mol. The van der Waals surface area contributed by atoms with E-state index in [0.29, 0.717) is 5.78 Å². The molecule has 0 amide bonds. The Hall–Kier alpha value is -1.46. The number of hydrogen-bond donors (Lipinski definition) is 0. The van der Waals surface area contributed by atoms with Crippen molar-refractivity contribution in [1.82, 2.24) is 10.1 Å². The normalized spacial score (nSPS) is 19.5. The fraction of sp³-hybridized carbons (Fsp3) is 0.529. The number of rotatable bonds is 5. The maximum Gasteiger partial charge on any atom is 0.177 e. The molecule has 22 heavy (non-hydrogen) atoms. The summed E-state index contributed by atoms with van der Waals surface area (Å²) >= 11 is 1.55. The number of carbonyl (C=O) groups is 1. The Balaban J connectivity index is 1.58. The van der Waals surface area contributed by atoms with Crippen LogP contribution in [0.4, 0.5) is 0 Å². The van der Waals surface area contributed by atoms with Crippen LogP contribution in [0.1, 0.15) is 39.5 Å². The third kappa shape index (κ3) is 3.31. The van der Waals surface area contributed by atoms with Gasteiger partial charge < -0.3 is 9.42 Å². The van der Waals surface area contributed by atoms with Crippen molar-refractivity contribution in [3.8, 4) is 0 Å². The van der Waals surface area contributed by atoms with E-state index in [4.69, 9.17) is 4.52 Å². The molecule has 1 unspecified atom stereocenters. The molecule has 0 bridgehead atoms. The molecule has 4 nitrogen and oxygen atoms in total. The van der Waals surface area contributed by atoms with Crippen molar-refractivity contribution in [3.05, 3.63) is 39.4 Å². The van der Waals surface area contributed by atoms with Crippen LogP contribution in [0, 0.1) is 19.8 Å². The summed E-state index contributed by atoms with van der Waals surface area (Å²) < 4.78 is 5.22. The van der Waals surface area contributed by atoms with E-state index in [2.05, 4.69) is 10.1 Å². The molecule has 2 aromatic heterocycles. The standard InChI is InChI=1S/C17H22N2O2S/c1-12-15(13(2)21-18-12)7-9-19-8-3-5-14(11-19)17(20)16-6-4-10-22-16/h4,6,10,14H,3,5,7-9,11H2,1-2H3. The summed E-state index contributed by atoms with van der Waals surface area (Å²) in [6, 6.07) is 3.89. The molecule has 1 fully saturated rings. The molecule has 0 N–H and O–H groups in total. The smallest absolute Gasteiger partial charge is 0.177 e. The zero-order valence-corrected chi connectivity index (χ0v) is 14.0. The Morgan fingerprint density at radius 1 is 1.50 bits per heavy atom. The summed E-state index contributed by atoms with van der Waals surface area (Å²) in [4.78, 5) is 15.8. The number of thiophene rings is 1. The monoisotopic (exact) mass is 318 g/mol. The highest BCUT2D eigenvalue weighted by atomic mass is 32.1. The second-order valence-corrected chi connectivity index (χ2v) is 6.98. The third-order valence-electron chi connectivity index (χ3n) is 4.50. The van der Waals surface area contributed by atoms with E-state index in [1.165, 1.54) is 5.56 Å². The van der Waals surface area contributed by atoms with Crippen molar-refractivity contribution in [2.45, 2.75) is 33.1 Å². The summed E-state index contributed by atoms with van der Waals surface area (Å²) in [5, 5.41) is 5.99. The van der Waals surface area contributed by atoms with Gasteiger partial charge >= 0.3 is 0 Å². The molecular formula is C17H22N2O2S. The molecule has 0 radical (unpaired) electrons. The first-order chi connectivity index (χ1) is 10.6. The summed E-state index contributed by atoms with van der Waals surface area (Å²) in [6.07, 6.45) is 3.06. The number of aromatic nitrogens is 1. The highest BCUT2D eigenvalue weighted by molar-refractivity contribution is 7.12. The fourth-order valence-corrected chi connectivity index (χ4v) is 3.97. The minimum Gasteiger partial charge on any atom is -0.361 e. The van der Waals surface area contributed by atoms with Crippen LogP contribution < -0.4 is 0 Å². The zero-order valence-electron chi connectivity index (χ0n) is 13.2. The van der Waals surface area contributed by atoms with Crippen LogP contribution in [0.15, 0.2) is 22.0 Å². The molecule has 2 aromatic rings. The molecule has 0 spiro atoms. The van der Waals surface area contributed by atoms with Crippen molar-refractivity contribution >= 4 is 17.1 Å². The molecule has 1 saturated heterocycles. The molecular weight excluding hydrogens is 296 g/mol.